The topological polar surface area (TPSA) is 63.3 Å². The van der Waals surface area contributed by atoms with Gasteiger partial charge in [0.05, 0.1) is 10.7 Å². The molecule has 0 atom stereocenters. The standard InChI is InChI=1S/C14H17Cl2NO2/c1-12(2)13(3,4)14(12,11(18)19)8-5-7(15)6-9(16)10(8)17/h5-6H,17H2,1-4H3,(H,18,19). The number of rotatable bonds is 2. The monoisotopic (exact) mass is 301 g/mol. The molecular weight excluding hydrogens is 285 g/mol. The average molecular weight is 302 g/mol. The van der Waals surface area contributed by atoms with Crippen molar-refractivity contribution in [3.8, 4) is 0 Å². The maximum Gasteiger partial charge on any atom is 0.315 e. The molecule has 0 bridgehead atoms. The van der Waals surface area contributed by atoms with Gasteiger partial charge in [-0.3, -0.25) is 4.79 Å². The summed E-state index contributed by atoms with van der Waals surface area (Å²) < 4.78 is 0. The molecule has 1 saturated carbocycles. The molecular formula is C14H17Cl2NO2. The fourth-order valence-corrected chi connectivity index (χ4v) is 4.02. The summed E-state index contributed by atoms with van der Waals surface area (Å²) in [5, 5.41) is 10.5. The van der Waals surface area contributed by atoms with Crippen LogP contribution in [0.25, 0.3) is 0 Å². The molecule has 1 fully saturated rings. The van der Waals surface area contributed by atoms with E-state index < -0.39 is 22.2 Å². The minimum atomic E-state index is -1.07. The summed E-state index contributed by atoms with van der Waals surface area (Å²) in [4.78, 5) is 11.9. The third-order valence-corrected chi connectivity index (χ3v) is 5.73. The number of hydrogen-bond donors (Lipinski definition) is 2. The highest BCUT2D eigenvalue weighted by Crippen LogP contribution is 2.78. The molecule has 0 saturated heterocycles. The summed E-state index contributed by atoms with van der Waals surface area (Å²) in [6, 6.07) is 3.15. The van der Waals surface area contributed by atoms with Gasteiger partial charge in [-0.05, 0) is 28.5 Å². The van der Waals surface area contributed by atoms with Gasteiger partial charge in [0, 0.05) is 5.02 Å². The van der Waals surface area contributed by atoms with E-state index in [-0.39, 0.29) is 0 Å². The highest BCUT2D eigenvalue weighted by Gasteiger charge is 2.82. The van der Waals surface area contributed by atoms with E-state index in [4.69, 9.17) is 28.9 Å². The molecule has 19 heavy (non-hydrogen) atoms. The van der Waals surface area contributed by atoms with Crippen LogP contribution >= 0.6 is 23.2 Å². The second kappa shape index (κ2) is 3.80. The lowest BCUT2D eigenvalue weighted by Gasteiger charge is -2.20. The lowest BCUT2D eigenvalue weighted by molar-refractivity contribution is -0.141. The molecule has 0 heterocycles. The van der Waals surface area contributed by atoms with Crippen LogP contribution in [0.1, 0.15) is 33.3 Å². The first kappa shape index (κ1) is 14.5. The number of carbonyl (C=O) groups is 1. The SMILES string of the molecule is CC1(C)C(C)(C)C1(C(=O)O)c1cc(Cl)cc(Cl)c1N. The van der Waals surface area contributed by atoms with Gasteiger partial charge in [-0.15, -0.1) is 0 Å². The molecule has 1 aromatic carbocycles. The molecule has 2 rings (SSSR count). The molecule has 0 aliphatic heterocycles. The number of anilines is 1. The number of nitrogens with two attached hydrogens (primary N) is 1. The summed E-state index contributed by atoms with van der Waals surface area (Å²) in [5.74, 6) is -0.896. The maximum atomic E-state index is 11.9. The van der Waals surface area contributed by atoms with Gasteiger partial charge in [0.2, 0.25) is 0 Å². The van der Waals surface area contributed by atoms with E-state index in [0.717, 1.165) is 0 Å². The zero-order valence-electron chi connectivity index (χ0n) is 11.3. The quantitative estimate of drug-likeness (QED) is 0.813. The van der Waals surface area contributed by atoms with E-state index in [1.807, 2.05) is 27.7 Å². The summed E-state index contributed by atoms with van der Waals surface area (Å²) in [7, 11) is 0. The normalized spacial score (nSPS) is 22.0. The van der Waals surface area contributed by atoms with Crippen molar-refractivity contribution in [3.63, 3.8) is 0 Å². The number of carboxylic acids is 1. The van der Waals surface area contributed by atoms with E-state index in [9.17, 15) is 9.90 Å². The van der Waals surface area contributed by atoms with Crippen LogP contribution in [0.5, 0.6) is 0 Å². The molecule has 5 heteroatoms. The first-order valence-corrected chi connectivity index (χ1v) is 6.76. The predicted octanol–water partition coefficient (Wildman–Crippen LogP) is 3.96. The van der Waals surface area contributed by atoms with E-state index in [1.54, 1.807) is 6.07 Å². The zero-order valence-corrected chi connectivity index (χ0v) is 12.9. The van der Waals surface area contributed by atoms with E-state index in [0.29, 0.717) is 21.3 Å². The Morgan fingerprint density at radius 3 is 2.00 bits per heavy atom. The van der Waals surface area contributed by atoms with Crippen LogP contribution in [-0.2, 0) is 10.2 Å². The highest BCUT2D eigenvalue weighted by molar-refractivity contribution is 6.36. The summed E-state index contributed by atoms with van der Waals surface area (Å²) in [5.41, 5.74) is 4.86. The lowest BCUT2D eigenvalue weighted by atomic mass is 9.85. The molecule has 104 valence electrons. The second-order valence-corrected chi connectivity index (χ2v) is 7.00. The van der Waals surface area contributed by atoms with Crippen molar-refractivity contribution in [1.29, 1.82) is 0 Å². The Morgan fingerprint density at radius 1 is 1.16 bits per heavy atom. The van der Waals surface area contributed by atoms with Gasteiger partial charge in [0.25, 0.3) is 0 Å². The Morgan fingerprint density at radius 2 is 1.63 bits per heavy atom. The third kappa shape index (κ3) is 1.43. The van der Waals surface area contributed by atoms with E-state index in [2.05, 4.69) is 0 Å². The molecule has 0 radical (unpaired) electrons. The van der Waals surface area contributed by atoms with Crippen LogP contribution in [-0.4, -0.2) is 11.1 Å². The Hall–Kier alpha value is -0.930. The maximum absolute atomic E-state index is 11.9. The molecule has 1 aromatic rings. The molecule has 0 unspecified atom stereocenters. The van der Waals surface area contributed by atoms with Gasteiger partial charge in [-0.1, -0.05) is 50.9 Å². The van der Waals surface area contributed by atoms with Crippen molar-refractivity contribution in [2.75, 3.05) is 5.73 Å². The van der Waals surface area contributed by atoms with Crippen molar-refractivity contribution in [2.24, 2.45) is 10.8 Å². The van der Waals surface area contributed by atoms with Crippen LogP contribution in [0.15, 0.2) is 12.1 Å². The van der Waals surface area contributed by atoms with Gasteiger partial charge < -0.3 is 10.8 Å². The first-order chi connectivity index (χ1) is 8.51. The zero-order chi connectivity index (χ0) is 14.8. The van der Waals surface area contributed by atoms with Crippen molar-refractivity contribution >= 4 is 34.9 Å². The van der Waals surface area contributed by atoms with E-state index in [1.165, 1.54) is 6.07 Å². The van der Waals surface area contributed by atoms with Gasteiger partial charge in [-0.25, -0.2) is 0 Å². The number of aliphatic carboxylic acids is 1. The first-order valence-electron chi connectivity index (χ1n) is 6.00. The molecule has 0 aromatic heterocycles. The third-order valence-electron chi connectivity index (χ3n) is 5.19. The largest absolute Gasteiger partial charge is 0.481 e. The van der Waals surface area contributed by atoms with Gasteiger partial charge in [-0.2, -0.15) is 0 Å². The predicted molar refractivity (Wildman–Crippen MR) is 77.8 cm³/mol. The number of halogens is 2. The molecule has 3 nitrogen and oxygen atoms in total. The van der Waals surface area contributed by atoms with Crippen LogP contribution in [0, 0.1) is 10.8 Å². The Balaban J connectivity index is 2.80. The number of carboxylic acid groups (broad SMARTS) is 1. The molecule has 0 spiro atoms. The molecule has 3 N–H and O–H groups in total. The van der Waals surface area contributed by atoms with Gasteiger partial charge >= 0.3 is 5.97 Å². The Labute approximate surface area is 122 Å². The minimum Gasteiger partial charge on any atom is -0.481 e. The molecule has 0 amide bonds. The number of benzene rings is 1. The molecule has 1 aliphatic carbocycles. The van der Waals surface area contributed by atoms with Crippen molar-refractivity contribution < 1.29 is 9.90 Å². The van der Waals surface area contributed by atoms with Crippen LogP contribution < -0.4 is 5.73 Å². The van der Waals surface area contributed by atoms with Crippen molar-refractivity contribution in [2.45, 2.75) is 33.1 Å². The van der Waals surface area contributed by atoms with Crippen LogP contribution in [0.2, 0.25) is 10.0 Å². The van der Waals surface area contributed by atoms with Gasteiger partial charge in [0.15, 0.2) is 0 Å². The molecule has 1 aliphatic rings. The highest BCUT2D eigenvalue weighted by atomic mass is 35.5. The summed E-state index contributed by atoms with van der Waals surface area (Å²) in [6.45, 7) is 7.70. The number of hydrogen-bond acceptors (Lipinski definition) is 2. The fraction of sp³-hybridized carbons (Fsp3) is 0.500. The Kier molecular flexibility index (Phi) is 2.89. The smallest absolute Gasteiger partial charge is 0.315 e. The summed E-state index contributed by atoms with van der Waals surface area (Å²) >= 11 is 12.1. The van der Waals surface area contributed by atoms with Gasteiger partial charge in [0.1, 0.15) is 5.41 Å². The average Bonchev–Trinajstić information content (AvgIpc) is 2.60. The van der Waals surface area contributed by atoms with Crippen molar-refractivity contribution in [3.05, 3.63) is 27.7 Å². The van der Waals surface area contributed by atoms with Crippen LogP contribution in [0.3, 0.4) is 0 Å². The second-order valence-electron chi connectivity index (χ2n) is 6.15. The minimum absolute atomic E-state index is 0.293. The van der Waals surface area contributed by atoms with E-state index >= 15 is 0 Å². The van der Waals surface area contributed by atoms with Crippen LogP contribution in [0.4, 0.5) is 5.69 Å². The summed E-state index contributed by atoms with van der Waals surface area (Å²) in [6.07, 6.45) is 0. The lowest BCUT2D eigenvalue weighted by Crippen LogP contribution is -2.29. The fourth-order valence-electron chi connectivity index (χ4n) is 3.53. The van der Waals surface area contributed by atoms with Crippen molar-refractivity contribution in [1.82, 2.24) is 0 Å². The number of nitrogen functional groups attached to an aromatic ring is 1. The Bertz CT molecular complexity index is 565.